The summed E-state index contributed by atoms with van der Waals surface area (Å²) in [5.41, 5.74) is 0. The molecule has 132 valence electrons. The number of carbonyl (C=O) groups is 2. The molecule has 6 nitrogen and oxygen atoms in total. The first-order chi connectivity index (χ1) is 11.4. The molecule has 0 aliphatic carbocycles. The average molecular weight is 337 g/mol. The first-order valence-corrected chi connectivity index (χ1v) is 7.98. The van der Waals surface area contributed by atoms with Gasteiger partial charge in [-0.1, -0.05) is 12.1 Å². The predicted molar refractivity (Wildman–Crippen MR) is 88.2 cm³/mol. The lowest BCUT2D eigenvalue weighted by atomic mass is 10.1. The van der Waals surface area contributed by atoms with Gasteiger partial charge in [-0.15, -0.1) is 0 Å². The van der Waals surface area contributed by atoms with E-state index >= 15 is 0 Å². The Morgan fingerprint density at radius 1 is 1.33 bits per heavy atom. The number of hydrogen-bond donors (Lipinski definition) is 0. The minimum Gasteiger partial charge on any atom is -0.489 e. The molecule has 0 radical (unpaired) electrons. The van der Waals surface area contributed by atoms with Gasteiger partial charge in [0.05, 0.1) is 6.54 Å². The Morgan fingerprint density at radius 3 is 2.71 bits per heavy atom. The number of likely N-dealkylation sites (N-methyl/N-ethyl adjacent to an activating group) is 2. The van der Waals surface area contributed by atoms with Gasteiger partial charge >= 0.3 is 0 Å². The summed E-state index contributed by atoms with van der Waals surface area (Å²) in [6, 6.07) is 5.81. The number of halogens is 1. The molecule has 7 heteroatoms. The lowest BCUT2D eigenvalue weighted by molar-refractivity contribution is -0.141. The topological polar surface area (TPSA) is 53.1 Å². The molecule has 0 spiro atoms. The molecule has 0 bridgehead atoms. The Bertz CT molecular complexity index is 596. The summed E-state index contributed by atoms with van der Waals surface area (Å²) < 4.78 is 18.9. The van der Waals surface area contributed by atoms with E-state index in [1.165, 1.54) is 13.0 Å². The lowest BCUT2D eigenvalue weighted by Crippen LogP contribution is -2.58. The van der Waals surface area contributed by atoms with Crippen molar-refractivity contribution in [3.05, 3.63) is 30.1 Å². The lowest BCUT2D eigenvalue weighted by Gasteiger charge is -2.39. The molecule has 0 saturated carbocycles. The molecule has 0 N–H and O–H groups in total. The van der Waals surface area contributed by atoms with Crippen molar-refractivity contribution in [3.63, 3.8) is 0 Å². The molecular formula is C17H24FN3O3. The van der Waals surface area contributed by atoms with Gasteiger partial charge in [-0.2, -0.15) is 0 Å². The molecule has 1 aromatic carbocycles. The third kappa shape index (κ3) is 4.44. The summed E-state index contributed by atoms with van der Waals surface area (Å²) in [6.45, 7) is 3.75. The molecule has 24 heavy (non-hydrogen) atoms. The number of ether oxygens (including phenoxy) is 1. The molecule has 1 aliphatic rings. The molecule has 0 aromatic heterocycles. The van der Waals surface area contributed by atoms with Crippen molar-refractivity contribution >= 4 is 11.8 Å². The van der Waals surface area contributed by atoms with Gasteiger partial charge < -0.3 is 14.5 Å². The zero-order valence-electron chi connectivity index (χ0n) is 14.4. The fourth-order valence-electron chi connectivity index (χ4n) is 2.65. The molecule has 1 aromatic rings. The highest BCUT2D eigenvalue weighted by molar-refractivity contribution is 5.83. The van der Waals surface area contributed by atoms with Crippen molar-refractivity contribution < 1.29 is 18.7 Å². The number of hydrogen-bond acceptors (Lipinski definition) is 4. The Morgan fingerprint density at radius 2 is 2.04 bits per heavy atom. The second kappa shape index (κ2) is 8.10. The second-order valence-corrected chi connectivity index (χ2v) is 6.00. The fourth-order valence-corrected chi connectivity index (χ4v) is 2.65. The summed E-state index contributed by atoms with van der Waals surface area (Å²) >= 11 is 0. The Kier molecular flexibility index (Phi) is 6.14. The first-order valence-electron chi connectivity index (χ1n) is 7.98. The van der Waals surface area contributed by atoms with Crippen LogP contribution in [0.25, 0.3) is 0 Å². The van der Waals surface area contributed by atoms with Gasteiger partial charge in [0.2, 0.25) is 11.8 Å². The van der Waals surface area contributed by atoms with Crippen LogP contribution in [0, 0.1) is 5.82 Å². The molecule has 1 unspecified atom stereocenters. The van der Waals surface area contributed by atoms with Crippen LogP contribution in [0.2, 0.25) is 0 Å². The van der Waals surface area contributed by atoms with E-state index in [-0.39, 0.29) is 30.2 Å². The number of amides is 2. The quantitative estimate of drug-likeness (QED) is 0.798. The highest BCUT2D eigenvalue weighted by Gasteiger charge is 2.32. The molecular weight excluding hydrogens is 313 g/mol. The van der Waals surface area contributed by atoms with Gasteiger partial charge in [-0.05, 0) is 19.2 Å². The summed E-state index contributed by atoms with van der Waals surface area (Å²) in [5, 5.41) is 0. The summed E-state index contributed by atoms with van der Waals surface area (Å²) in [7, 11) is 3.57. The third-order valence-electron chi connectivity index (χ3n) is 4.28. The first kappa shape index (κ1) is 18.2. The Balaban J connectivity index is 1.87. The minimum absolute atomic E-state index is 0.0218. The maximum absolute atomic E-state index is 13.5. The highest BCUT2D eigenvalue weighted by Crippen LogP contribution is 2.15. The molecule has 1 fully saturated rings. The van der Waals surface area contributed by atoms with E-state index in [4.69, 9.17) is 4.74 Å². The van der Waals surface area contributed by atoms with Crippen LogP contribution in [0.5, 0.6) is 5.75 Å². The van der Waals surface area contributed by atoms with Crippen LogP contribution in [0.15, 0.2) is 24.3 Å². The van der Waals surface area contributed by atoms with Crippen LogP contribution < -0.4 is 4.74 Å². The van der Waals surface area contributed by atoms with Crippen LogP contribution in [-0.2, 0) is 9.59 Å². The Labute approximate surface area is 141 Å². The van der Waals surface area contributed by atoms with Crippen LogP contribution in [0.3, 0.4) is 0 Å². The van der Waals surface area contributed by atoms with E-state index in [0.717, 1.165) is 0 Å². The molecule has 2 amide bonds. The maximum Gasteiger partial charge on any atom is 0.241 e. The molecule has 1 atom stereocenters. The summed E-state index contributed by atoms with van der Waals surface area (Å²) in [6.07, 6.45) is 0. The van der Waals surface area contributed by atoms with Gasteiger partial charge in [0, 0.05) is 33.6 Å². The van der Waals surface area contributed by atoms with Gasteiger partial charge in [-0.25, -0.2) is 4.39 Å². The standard InChI is InChI=1S/C17H24FN3O3/c1-13(22)21-9-8-19(2)15(12-21)17(23)20(3)10-11-24-16-7-5-4-6-14(16)18/h4-7,15H,8-12H2,1-3H3. The van der Waals surface area contributed by atoms with Crippen molar-refractivity contribution in [2.24, 2.45) is 0 Å². The van der Waals surface area contributed by atoms with Crippen LogP contribution >= 0.6 is 0 Å². The van der Waals surface area contributed by atoms with E-state index in [1.807, 2.05) is 11.9 Å². The van der Waals surface area contributed by atoms with Gasteiger partial charge in [0.25, 0.3) is 0 Å². The highest BCUT2D eigenvalue weighted by atomic mass is 19.1. The number of piperazine rings is 1. The van der Waals surface area contributed by atoms with Gasteiger partial charge in [0.1, 0.15) is 12.6 Å². The number of benzene rings is 1. The van der Waals surface area contributed by atoms with Crippen molar-refractivity contribution in [1.82, 2.24) is 14.7 Å². The van der Waals surface area contributed by atoms with Crippen molar-refractivity contribution in [2.45, 2.75) is 13.0 Å². The Hall–Kier alpha value is -2.15. The third-order valence-corrected chi connectivity index (χ3v) is 4.28. The molecule has 1 aliphatic heterocycles. The van der Waals surface area contributed by atoms with E-state index in [0.29, 0.717) is 26.2 Å². The van der Waals surface area contributed by atoms with E-state index in [1.54, 1.807) is 35.0 Å². The van der Waals surface area contributed by atoms with Gasteiger partial charge in [-0.3, -0.25) is 14.5 Å². The van der Waals surface area contributed by atoms with Crippen molar-refractivity contribution in [3.8, 4) is 5.75 Å². The number of carbonyl (C=O) groups excluding carboxylic acids is 2. The zero-order valence-corrected chi connectivity index (χ0v) is 14.4. The number of nitrogens with zero attached hydrogens (tertiary/aromatic N) is 3. The SMILES string of the molecule is CC(=O)N1CCN(C)C(C(=O)N(C)CCOc2ccccc2F)C1. The van der Waals surface area contributed by atoms with Crippen LogP contribution in [-0.4, -0.2) is 79.4 Å². The van der Waals surface area contributed by atoms with Crippen molar-refractivity contribution in [2.75, 3.05) is 46.9 Å². The normalized spacial score (nSPS) is 18.3. The van der Waals surface area contributed by atoms with E-state index in [2.05, 4.69) is 0 Å². The smallest absolute Gasteiger partial charge is 0.241 e. The fraction of sp³-hybridized carbons (Fsp3) is 0.529. The summed E-state index contributed by atoms with van der Waals surface area (Å²) in [5.74, 6) is -0.335. The largest absolute Gasteiger partial charge is 0.489 e. The van der Waals surface area contributed by atoms with Crippen LogP contribution in [0.1, 0.15) is 6.92 Å². The minimum atomic E-state index is -0.421. The predicted octanol–water partition coefficient (Wildman–Crippen LogP) is 0.825. The molecule has 1 saturated heterocycles. The zero-order chi connectivity index (χ0) is 17.7. The average Bonchev–Trinajstić information content (AvgIpc) is 2.56. The van der Waals surface area contributed by atoms with Crippen LogP contribution in [0.4, 0.5) is 4.39 Å². The maximum atomic E-state index is 13.5. The number of rotatable bonds is 5. The summed E-state index contributed by atoms with van der Waals surface area (Å²) in [4.78, 5) is 29.3. The molecule has 2 rings (SSSR count). The monoisotopic (exact) mass is 337 g/mol. The van der Waals surface area contributed by atoms with Crippen molar-refractivity contribution in [1.29, 1.82) is 0 Å². The van der Waals surface area contributed by atoms with E-state index < -0.39 is 5.82 Å². The number of para-hydroxylation sites is 1. The second-order valence-electron chi connectivity index (χ2n) is 6.00. The van der Waals surface area contributed by atoms with Gasteiger partial charge in [0.15, 0.2) is 11.6 Å². The van der Waals surface area contributed by atoms with E-state index in [9.17, 15) is 14.0 Å². The molecule has 1 heterocycles.